The molecule has 0 aliphatic rings. The predicted octanol–water partition coefficient (Wildman–Crippen LogP) is 2.93. The standard InChI is InChI=1S/C15H19N3O3/c1-9(2)18-8-12(7-17-18)21-11-5-10(3)14(16)13(6-11)15(19)20-4/h5-9H,16H2,1-4H3. The van der Waals surface area contributed by atoms with Gasteiger partial charge in [-0.25, -0.2) is 4.79 Å². The van der Waals surface area contributed by atoms with Crippen LogP contribution in [0.1, 0.15) is 35.8 Å². The third-order valence-corrected chi connectivity index (χ3v) is 3.11. The normalized spacial score (nSPS) is 10.7. The number of nitrogens with two attached hydrogens (primary N) is 1. The van der Waals surface area contributed by atoms with E-state index in [4.69, 9.17) is 15.2 Å². The molecule has 0 amide bonds. The molecule has 2 aromatic rings. The van der Waals surface area contributed by atoms with Crippen molar-refractivity contribution in [2.24, 2.45) is 0 Å². The second kappa shape index (κ2) is 5.87. The van der Waals surface area contributed by atoms with Gasteiger partial charge in [0.1, 0.15) is 5.75 Å². The van der Waals surface area contributed by atoms with Gasteiger partial charge in [-0.05, 0) is 38.5 Å². The average Bonchev–Trinajstić information content (AvgIpc) is 2.90. The van der Waals surface area contributed by atoms with Crippen LogP contribution in [0.25, 0.3) is 0 Å². The number of hydrogen-bond donors (Lipinski definition) is 1. The first kappa shape index (κ1) is 14.9. The molecule has 1 heterocycles. The monoisotopic (exact) mass is 289 g/mol. The Morgan fingerprint density at radius 1 is 1.33 bits per heavy atom. The summed E-state index contributed by atoms with van der Waals surface area (Å²) >= 11 is 0. The summed E-state index contributed by atoms with van der Waals surface area (Å²) in [6.07, 6.45) is 3.43. The summed E-state index contributed by atoms with van der Waals surface area (Å²) in [4.78, 5) is 11.7. The Kier molecular flexibility index (Phi) is 4.16. The first-order valence-electron chi connectivity index (χ1n) is 6.62. The molecule has 1 aromatic carbocycles. The fraction of sp³-hybridized carbons (Fsp3) is 0.333. The van der Waals surface area contributed by atoms with E-state index in [0.29, 0.717) is 22.7 Å². The highest BCUT2D eigenvalue weighted by Gasteiger charge is 2.15. The Hall–Kier alpha value is -2.50. The maximum atomic E-state index is 11.7. The van der Waals surface area contributed by atoms with E-state index in [1.54, 1.807) is 29.2 Å². The minimum absolute atomic E-state index is 0.251. The van der Waals surface area contributed by atoms with Gasteiger partial charge in [-0.3, -0.25) is 4.68 Å². The van der Waals surface area contributed by atoms with Gasteiger partial charge in [0, 0.05) is 11.7 Å². The summed E-state index contributed by atoms with van der Waals surface area (Å²) in [5.41, 5.74) is 7.34. The zero-order valence-electron chi connectivity index (χ0n) is 12.6. The summed E-state index contributed by atoms with van der Waals surface area (Å²) in [7, 11) is 1.32. The molecule has 21 heavy (non-hydrogen) atoms. The summed E-state index contributed by atoms with van der Waals surface area (Å²) in [6, 6.07) is 3.59. The number of ether oxygens (including phenoxy) is 2. The molecule has 112 valence electrons. The number of carbonyl (C=O) groups excluding carboxylic acids is 1. The van der Waals surface area contributed by atoms with Crippen molar-refractivity contribution in [1.82, 2.24) is 9.78 Å². The number of hydrogen-bond acceptors (Lipinski definition) is 5. The van der Waals surface area contributed by atoms with E-state index in [0.717, 1.165) is 5.56 Å². The Balaban J connectivity index is 2.31. The summed E-state index contributed by atoms with van der Waals surface area (Å²) in [6.45, 7) is 5.87. The van der Waals surface area contributed by atoms with Crippen LogP contribution in [-0.2, 0) is 4.74 Å². The molecule has 0 bridgehead atoms. The molecule has 0 spiro atoms. The number of esters is 1. The Morgan fingerprint density at radius 2 is 2.05 bits per heavy atom. The highest BCUT2D eigenvalue weighted by atomic mass is 16.5. The highest BCUT2D eigenvalue weighted by molar-refractivity contribution is 5.96. The van der Waals surface area contributed by atoms with Crippen LogP contribution in [0.15, 0.2) is 24.5 Å². The molecule has 0 unspecified atom stereocenters. The largest absolute Gasteiger partial charge is 0.465 e. The number of nitrogens with zero attached hydrogens (tertiary/aromatic N) is 2. The van der Waals surface area contributed by atoms with E-state index in [-0.39, 0.29) is 6.04 Å². The lowest BCUT2D eigenvalue weighted by Gasteiger charge is -2.10. The molecule has 6 nitrogen and oxygen atoms in total. The van der Waals surface area contributed by atoms with E-state index >= 15 is 0 Å². The number of anilines is 1. The van der Waals surface area contributed by atoms with Crippen LogP contribution in [0.4, 0.5) is 5.69 Å². The lowest BCUT2D eigenvalue weighted by molar-refractivity contribution is 0.0601. The first-order valence-corrected chi connectivity index (χ1v) is 6.62. The van der Waals surface area contributed by atoms with Gasteiger partial charge in [-0.1, -0.05) is 0 Å². The minimum atomic E-state index is -0.487. The fourth-order valence-corrected chi connectivity index (χ4v) is 1.89. The molecule has 2 rings (SSSR count). The van der Waals surface area contributed by atoms with Gasteiger partial charge in [0.25, 0.3) is 0 Å². The average molecular weight is 289 g/mol. The maximum Gasteiger partial charge on any atom is 0.340 e. The lowest BCUT2D eigenvalue weighted by Crippen LogP contribution is -2.07. The van der Waals surface area contributed by atoms with Crippen molar-refractivity contribution < 1.29 is 14.3 Å². The third-order valence-electron chi connectivity index (χ3n) is 3.11. The topological polar surface area (TPSA) is 79.4 Å². The zero-order chi connectivity index (χ0) is 15.6. The smallest absolute Gasteiger partial charge is 0.340 e. The maximum absolute atomic E-state index is 11.7. The van der Waals surface area contributed by atoms with Gasteiger partial charge in [-0.15, -0.1) is 0 Å². The number of methoxy groups -OCH3 is 1. The number of aryl methyl sites for hydroxylation is 1. The van der Waals surface area contributed by atoms with Crippen LogP contribution in [0.3, 0.4) is 0 Å². The molecule has 2 N–H and O–H groups in total. The van der Waals surface area contributed by atoms with Crippen molar-refractivity contribution in [3.63, 3.8) is 0 Å². The second-order valence-electron chi connectivity index (χ2n) is 5.04. The number of rotatable bonds is 4. The molecule has 0 radical (unpaired) electrons. The van der Waals surface area contributed by atoms with Crippen molar-refractivity contribution in [1.29, 1.82) is 0 Å². The van der Waals surface area contributed by atoms with Crippen molar-refractivity contribution in [2.75, 3.05) is 12.8 Å². The molecule has 0 aliphatic carbocycles. The lowest BCUT2D eigenvalue weighted by atomic mass is 10.1. The van der Waals surface area contributed by atoms with Crippen molar-refractivity contribution in [2.45, 2.75) is 26.8 Å². The van der Waals surface area contributed by atoms with Crippen LogP contribution in [0, 0.1) is 6.92 Å². The van der Waals surface area contributed by atoms with E-state index in [1.807, 2.05) is 20.8 Å². The first-order chi connectivity index (χ1) is 9.92. The number of aromatic nitrogens is 2. The molecular formula is C15H19N3O3. The molecule has 1 aromatic heterocycles. The molecule has 0 aliphatic heterocycles. The van der Waals surface area contributed by atoms with Gasteiger partial charge in [0.05, 0.1) is 25.1 Å². The predicted molar refractivity (Wildman–Crippen MR) is 79.6 cm³/mol. The number of benzene rings is 1. The van der Waals surface area contributed by atoms with E-state index < -0.39 is 5.97 Å². The molecule has 0 saturated carbocycles. The van der Waals surface area contributed by atoms with E-state index in [2.05, 4.69) is 5.10 Å². The molecule has 6 heteroatoms. The molecule has 0 saturated heterocycles. The van der Waals surface area contributed by atoms with Crippen LogP contribution in [0.2, 0.25) is 0 Å². The van der Waals surface area contributed by atoms with Gasteiger partial charge in [-0.2, -0.15) is 5.10 Å². The zero-order valence-corrected chi connectivity index (χ0v) is 12.6. The second-order valence-corrected chi connectivity index (χ2v) is 5.04. The molecular weight excluding hydrogens is 270 g/mol. The molecule has 0 atom stereocenters. The van der Waals surface area contributed by atoms with Gasteiger partial charge >= 0.3 is 5.97 Å². The van der Waals surface area contributed by atoms with Gasteiger partial charge in [0.2, 0.25) is 0 Å². The Bertz CT molecular complexity index is 662. The third kappa shape index (κ3) is 3.16. The van der Waals surface area contributed by atoms with E-state index in [1.165, 1.54) is 7.11 Å². The fourth-order valence-electron chi connectivity index (χ4n) is 1.89. The number of carbonyl (C=O) groups is 1. The minimum Gasteiger partial charge on any atom is -0.465 e. The summed E-state index contributed by atoms with van der Waals surface area (Å²) in [5, 5.41) is 4.20. The summed E-state index contributed by atoms with van der Waals surface area (Å²) in [5.74, 6) is 0.632. The van der Waals surface area contributed by atoms with Crippen molar-refractivity contribution in [3.8, 4) is 11.5 Å². The van der Waals surface area contributed by atoms with Crippen molar-refractivity contribution in [3.05, 3.63) is 35.7 Å². The SMILES string of the molecule is COC(=O)c1cc(Oc2cnn(C(C)C)c2)cc(C)c1N. The summed E-state index contributed by atoms with van der Waals surface area (Å²) < 4.78 is 12.2. The Labute approximate surface area is 123 Å². The Morgan fingerprint density at radius 3 is 2.62 bits per heavy atom. The van der Waals surface area contributed by atoms with Gasteiger partial charge < -0.3 is 15.2 Å². The van der Waals surface area contributed by atoms with Crippen LogP contribution in [0.5, 0.6) is 11.5 Å². The van der Waals surface area contributed by atoms with Crippen LogP contribution in [-0.4, -0.2) is 22.9 Å². The number of nitrogen functional groups attached to an aromatic ring is 1. The van der Waals surface area contributed by atoms with Gasteiger partial charge in [0.15, 0.2) is 5.75 Å². The molecule has 0 fully saturated rings. The van der Waals surface area contributed by atoms with Crippen LogP contribution >= 0.6 is 0 Å². The highest BCUT2D eigenvalue weighted by Crippen LogP contribution is 2.28. The van der Waals surface area contributed by atoms with Crippen molar-refractivity contribution >= 4 is 11.7 Å². The van der Waals surface area contributed by atoms with E-state index in [9.17, 15) is 4.79 Å². The van der Waals surface area contributed by atoms with Crippen LogP contribution < -0.4 is 10.5 Å². The quantitative estimate of drug-likeness (QED) is 0.691.